The minimum absolute atomic E-state index is 0.358. The second-order valence-corrected chi connectivity index (χ2v) is 8.38. The summed E-state index contributed by atoms with van der Waals surface area (Å²) in [6.07, 6.45) is 26.8. The maximum atomic E-state index is 10.3. The lowest BCUT2D eigenvalue weighted by Gasteiger charge is -2.04. The van der Waals surface area contributed by atoms with Gasteiger partial charge in [0.2, 0.25) is 0 Å². The third-order valence-corrected chi connectivity index (χ3v) is 5.61. The Balaban J connectivity index is 2.99. The van der Waals surface area contributed by atoms with Crippen molar-refractivity contribution >= 4 is 6.09 Å². The van der Waals surface area contributed by atoms with Gasteiger partial charge >= 0.3 is 6.09 Å². The molecule has 3 N–H and O–H groups in total. The average molecular weight is 400 g/mol. The van der Waals surface area contributed by atoms with Crippen molar-refractivity contribution in [2.24, 2.45) is 0 Å². The van der Waals surface area contributed by atoms with Gasteiger partial charge in [-0.25, -0.2) is 4.79 Å². The lowest BCUT2D eigenvalue weighted by Crippen LogP contribution is -2.21. The van der Waals surface area contributed by atoms with Crippen molar-refractivity contribution in [2.75, 3.05) is 13.2 Å². The fourth-order valence-corrected chi connectivity index (χ4v) is 3.79. The maximum Gasteiger partial charge on any atom is 0.404 e. The third kappa shape index (κ3) is 25.2. The van der Waals surface area contributed by atoms with Crippen LogP contribution in [-0.4, -0.2) is 29.5 Å². The lowest BCUT2D eigenvalue weighted by molar-refractivity contribution is 0.194. The largest absolute Gasteiger partial charge is 0.465 e. The zero-order chi connectivity index (χ0) is 20.5. The molecule has 0 fully saturated rings. The number of amides is 1. The Hall–Kier alpha value is -0.770. The van der Waals surface area contributed by atoms with E-state index in [4.69, 9.17) is 10.2 Å². The first-order valence-electron chi connectivity index (χ1n) is 12.3. The van der Waals surface area contributed by atoms with E-state index in [0.29, 0.717) is 13.2 Å². The highest BCUT2D eigenvalue weighted by molar-refractivity contribution is 5.64. The molecule has 0 unspecified atom stereocenters. The number of rotatable bonds is 23. The van der Waals surface area contributed by atoms with Gasteiger partial charge in [0.15, 0.2) is 0 Å². The molecule has 0 aliphatic carbocycles. The fourth-order valence-electron chi connectivity index (χ4n) is 3.79. The van der Waals surface area contributed by atoms with E-state index in [1.807, 2.05) is 0 Å². The second kappa shape index (κ2) is 24.3. The van der Waals surface area contributed by atoms with Gasteiger partial charge in [0.1, 0.15) is 0 Å². The first-order chi connectivity index (χ1) is 13.8. The number of carboxylic acid groups (broad SMARTS) is 1. The molecule has 0 aromatic carbocycles. The van der Waals surface area contributed by atoms with E-state index in [-0.39, 0.29) is 0 Å². The number of unbranched alkanes of at least 4 members (excludes halogenated alkanes) is 20. The molecular weight excluding hydrogens is 350 g/mol. The Bertz CT molecular complexity index is 310. The number of hydrogen-bond donors (Lipinski definition) is 3. The Labute approximate surface area is 174 Å². The topological polar surface area (TPSA) is 69.6 Å². The average Bonchev–Trinajstić information content (AvgIpc) is 2.68. The predicted molar refractivity (Wildman–Crippen MR) is 120 cm³/mol. The fraction of sp³-hybridized carbons (Fsp3) is 0.958. The first kappa shape index (κ1) is 27.2. The van der Waals surface area contributed by atoms with E-state index in [1.165, 1.54) is 116 Å². The molecule has 0 rings (SSSR count). The maximum absolute atomic E-state index is 10.3. The van der Waals surface area contributed by atoms with Crippen LogP contribution >= 0.6 is 0 Å². The molecule has 0 atom stereocenters. The molecule has 0 aliphatic rings. The van der Waals surface area contributed by atoms with Crippen LogP contribution in [0.2, 0.25) is 0 Å². The summed E-state index contributed by atoms with van der Waals surface area (Å²) in [5.41, 5.74) is 0. The van der Waals surface area contributed by atoms with Gasteiger partial charge in [0, 0.05) is 13.2 Å². The number of carbonyl (C=O) groups is 1. The number of aliphatic hydroxyl groups excluding tert-OH is 1. The van der Waals surface area contributed by atoms with Crippen LogP contribution in [0.25, 0.3) is 0 Å². The van der Waals surface area contributed by atoms with Crippen molar-refractivity contribution in [1.82, 2.24) is 5.32 Å². The number of aliphatic hydroxyl groups is 1. The van der Waals surface area contributed by atoms with Gasteiger partial charge in [0.05, 0.1) is 0 Å². The summed E-state index contributed by atoms with van der Waals surface area (Å²) in [5, 5.41) is 19.6. The summed E-state index contributed by atoms with van der Waals surface area (Å²) in [6, 6.07) is 0. The van der Waals surface area contributed by atoms with E-state index >= 15 is 0 Å². The summed E-state index contributed by atoms with van der Waals surface area (Å²) in [7, 11) is 0. The van der Waals surface area contributed by atoms with E-state index < -0.39 is 6.09 Å². The minimum Gasteiger partial charge on any atom is -0.465 e. The van der Waals surface area contributed by atoms with Crippen molar-refractivity contribution in [3.63, 3.8) is 0 Å². The van der Waals surface area contributed by atoms with Crippen molar-refractivity contribution in [1.29, 1.82) is 0 Å². The molecule has 168 valence electrons. The van der Waals surface area contributed by atoms with E-state index in [0.717, 1.165) is 19.3 Å². The zero-order valence-corrected chi connectivity index (χ0v) is 18.6. The van der Waals surface area contributed by atoms with Crippen LogP contribution in [0, 0.1) is 0 Å². The normalized spacial score (nSPS) is 11.0. The van der Waals surface area contributed by atoms with Crippen LogP contribution in [0.3, 0.4) is 0 Å². The summed E-state index contributed by atoms with van der Waals surface area (Å²) in [4.78, 5) is 10.3. The van der Waals surface area contributed by atoms with E-state index in [1.54, 1.807) is 0 Å². The van der Waals surface area contributed by atoms with Crippen LogP contribution < -0.4 is 5.32 Å². The molecule has 0 aliphatic heterocycles. The van der Waals surface area contributed by atoms with E-state index in [9.17, 15) is 4.79 Å². The van der Waals surface area contributed by atoms with Gasteiger partial charge in [-0.2, -0.15) is 0 Å². The standard InChI is InChI=1S/C24H49NO3/c26-23-21-19-17-15-13-11-9-7-5-3-1-2-4-6-8-10-12-14-16-18-20-22-25-24(27)28/h25-26H,1-23H2,(H,27,28). The molecule has 0 bridgehead atoms. The smallest absolute Gasteiger partial charge is 0.404 e. The Kier molecular flexibility index (Phi) is 23.6. The molecular formula is C24H49NO3. The monoisotopic (exact) mass is 399 g/mol. The highest BCUT2D eigenvalue weighted by Crippen LogP contribution is 2.14. The summed E-state index contributed by atoms with van der Waals surface area (Å²) in [6.45, 7) is 0.957. The van der Waals surface area contributed by atoms with Crippen LogP contribution in [0.4, 0.5) is 4.79 Å². The molecule has 4 nitrogen and oxygen atoms in total. The molecule has 4 heteroatoms. The van der Waals surface area contributed by atoms with E-state index in [2.05, 4.69) is 5.32 Å². The van der Waals surface area contributed by atoms with Crippen molar-refractivity contribution in [3.05, 3.63) is 0 Å². The van der Waals surface area contributed by atoms with Gasteiger partial charge in [-0.05, 0) is 12.8 Å². The van der Waals surface area contributed by atoms with Gasteiger partial charge in [-0.3, -0.25) is 0 Å². The van der Waals surface area contributed by atoms with Gasteiger partial charge < -0.3 is 15.5 Å². The van der Waals surface area contributed by atoms with Gasteiger partial charge in [0.25, 0.3) is 0 Å². The molecule has 0 aromatic heterocycles. The van der Waals surface area contributed by atoms with Crippen LogP contribution in [0.5, 0.6) is 0 Å². The van der Waals surface area contributed by atoms with Gasteiger partial charge in [-0.1, -0.05) is 122 Å². The van der Waals surface area contributed by atoms with Crippen molar-refractivity contribution in [2.45, 2.75) is 135 Å². The SMILES string of the molecule is O=C(O)NCCCCCCCCCCCCCCCCCCCCCCCO. The molecule has 0 heterocycles. The van der Waals surface area contributed by atoms with Crippen LogP contribution in [0.15, 0.2) is 0 Å². The summed E-state index contributed by atoms with van der Waals surface area (Å²) < 4.78 is 0. The molecule has 0 saturated heterocycles. The lowest BCUT2D eigenvalue weighted by atomic mass is 10.0. The quantitative estimate of drug-likeness (QED) is 0.156. The van der Waals surface area contributed by atoms with Crippen molar-refractivity contribution < 1.29 is 15.0 Å². The third-order valence-electron chi connectivity index (χ3n) is 5.61. The number of nitrogens with one attached hydrogen (secondary N) is 1. The highest BCUT2D eigenvalue weighted by atomic mass is 16.4. The molecule has 0 spiro atoms. The summed E-state index contributed by atoms with van der Waals surface area (Å²) in [5.74, 6) is 0. The zero-order valence-electron chi connectivity index (χ0n) is 18.6. The minimum atomic E-state index is -0.905. The predicted octanol–water partition coefficient (Wildman–Crippen LogP) is 7.44. The van der Waals surface area contributed by atoms with Gasteiger partial charge in [-0.15, -0.1) is 0 Å². The van der Waals surface area contributed by atoms with Crippen LogP contribution in [-0.2, 0) is 0 Å². The molecule has 1 amide bonds. The molecule has 0 aromatic rings. The number of hydrogen-bond acceptors (Lipinski definition) is 2. The van der Waals surface area contributed by atoms with Crippen molar-refractivity contribution in [3.8, 4) is 0 Å². The summed E-state index contributed by atoms with van der Waals surface area (Å²) >= 11 is 0. The Morgan fingerprint density at radius 3 is 0.964 bits per heavy atom. The highest BCUT2D eigenvalue weighted by Gasteiger charge is 1.96. The molecule has 0 saturated carbocycles. The molecule has 0 radical (unpaired) electrons. The van der Waals surface area contributed by atoms with Crippen LogP contribution in [0.1, 0.15) is 135 Å². The second-order valence-electron chi connectivity index (χ2n) is 8.38. The Morgan fingerprint density at radius 1 is 0.464 bits per heavy atom. The first-order valence-corrected chi connectivity index (χ1v) is 12.3. The Morgan fingerprint density at radius 2 is 0.714 bits per heavy atom. The molecule has 28 heavy (non-hydrogen) atoms.